The number of fused-ring (bicyclic) bond motifs is 2. The minimum atomic E-state index is -1.26. The third-order valence-corrected chi connectivity index (χ3v) is 6.32. The van der Waals surface area contributed by atoms with Crippen LogP contribution in [-0.4, -0.2) is 80.2 Å². The van der Waals surface area contributed by atoms with Gasteiger partial charge in [0.05, 0.1) is 30.4 Å². The highest BCUT2D eigenvalue weighted by Crippen LogP contribution is 2.33. The highest BCUT2D eigenvalue weighted by atomic mass is 16.5. The molecule has 0 radical (unpaired) electrons. The van der Waals surface area contributed by atoms with Gasteiger partial charge < -0.3 is 24.9 Å². The normalized spacial score (nSPS) is 15.9. The van der Waals surface area contributed by atoms with Crippen molar-refractivity contribution in [2.45, 2.75) is 18.5 Å². The Morgan fingerprint density at radius 1 is 1.07 bits per heavy atom. The Morgan fingerprint density at radius 2 is 1.77 bits per heavy atom. The molecule has 0 aliphatic carbocycles. The van der Waals surface area contributed by atoms with Gasteiger partial charge in [-0.3, -0.25) is 29.1 Å². The maximum atomic E-state index is 13.8. The lowest BCUT2D eigenvalue weighted by atomic mass is 10.1. The summed E-state index contributed by atoms with van der Waals surface area (Å²) in [7, 11) is 1.39. The topological polar surface area (TPSA) is 146 Å². The predicted molar refractivity (Wildman–Crippen MR) is 149 cm³/mol. The number of anilines is 2. The van der Waals surface area contributed by atoms with Gasteiger partial charge in [0.15, 0.2) is 0 Å². The van der Waals surface area contributed by atoms with E-state index in [1.807, 2.05) is 42.5 Å². The lowest BCUT2D eigenvalue weighted by Crippen LogP contribution is -2.48. The Hall–Kier alpha value is -4.90. The summed E-state index contributed by atoms with van der Waals surface area (Å²) in [6, 6.07) is 17.8. The first kappa shape index (κ1) is 28.1. The largest absolute Gasteiger partial charge is 0.481 e. The van der Waals surface area contributed by atoms with E-state index in [0.29, 0.717) is 12.0 Å². The summed E-state index contributed by atoms with van der Waals surface area (Å²) in [6.45, 7) is -0.856. The Morgan fingerprint density at radius 3 is 2.48 bits per heavy atom. The number of nitrogens with one attached hydrogen (secondary N) is 1. The van der Waals surface area contributed by atoms with Crippen LogP contribution >= 0.6 is 0 Å². The number of hydrogen-bond acceptors (Lipinski definition) is 7. The number of amides is 3. The van der Waals surface area contributed by atoms with E-state index in [0.717, 1.165) is 16.3 Å². The van der Waals surface area contributed by atoms with Crippen LogP contribution < -0.4 is 15.1 Å². The molecule has 0 fully saturated rings. The molecule has 0 saturated carbocycles. The maximum absolute atomic E-state index is 13.8. The fourth-order valence-electron chi connectivity index (χ4n) is 4.46. The van der Waals surface area contributed by atoms with Gasteiger partial charge in [0, 0.05) is 13.3 Å². The van der Waals surface area contributed by atoms with Crippen molar-refractivity contribution in [3.05, 3.63) is 72.3 Å². The number of carboxylic acids is 1. The van der Waals surface area contributed by atoms with Crippen LogP contribution in [0.15, 0.2) is 71.7 Å². The number of hydrogen-bond donors (Lipinski definition) is 2. The molecule has 4 rings (SSSR count). The predicted octanol–water partition coefficient (Wildman–Crippen LogP) is 1.81. The van der Waals surface area contributed by atoms with Gasteiger partial charge in [-0.2, -0.15) is 0 Å². The maximum Gasteiger partial charge on any atom is 0.305 e. The van der Waals surface area contributed by atoms with E-state index in [9.17, 15) is 24.0 Å². The molecule has 2 atom stereocenters. The van der Waals surface area contributed by atoms with Crippen molar-refractivity contribution >= 4 is 58.3 Å². The van der Waals surface area contributed by atoms with Crippen molar-refractivity contribution in [1.29, 1.82) is 0 Å². The second-order valence-corrected chi connectivity index (χ2v) is 9.16. The Bertz CT molecular complexity index is 1470. The van der Waals surface area contributed by atoms with E-state index in [1.165, 1.54) is 16.9 Å². The first-order chi connectivity index (χ1) is 19.3. The van der Waals surface area contributed by atoms with Gasteiger partial charge in [-0.05, 0) is 34.5 Å². The minimum absolute atomic E-state index is 0.101. The summed E-state index contributed by atoms with van der Waals surface area (Å²) in [5.74, 6) is -2.95. The summed E-state index contributed by atoms with van der Waals surface area (Å²) in [6.07, 6.45) is 1.28. The average Bonchev–Trinajstić information content (AvgIpc) is 3.06. The van der Waals surface area contributed by atoms with E-state index >= 15 is 0 Å². The van der Waals surface area contributed by atoms with Crippen LogP contribution in [0.3, 0.4) is 0 Å². The monoisotopic (exact) mass is 544 g/mol. The van der Waals surface area contributed by atoms with Gasteiger partial charge in [-0.25, -0.2) is 0 Å². The van der Waals surface area contributed by atoms with Crippen LogP contribution in [0.4, 0.5) is 11.4 Å². The zero-order valence-corrected chi connectivity index (χ0v) is 21.7. The number of methoxy groups -OCH3 is 1. The van der Waals surface area contributed by atoms with Crippen molar-refractivity contribution in [3.63, 3.8) is 0 Å². The zero-order valence-electron chi connectivity index (χ0n) is 21.7. The molecule has 11 nitrogen and oxygen atoms in total. The van der Waals surface area contributed by atoms with Crippen molar-refractivity contribution in [1.82, 2.24) is 5.32 Å². The molecule has 0 saturated heterocycles. The highest BCUT2D eigenvalue weighted by Gasteiger charge is 2.36. The number of aldehydes is 1. The van der Waals surface area contributed by atoms with E-state index in [-0.39, 0.29) is 18.8 Å². The Kier molecular flexibility index (Phi) is 8.97. The third-order valence-electron chi connectivity index (χ3n) is 6.32. The van der Waals surface area contributed by atoms with Crippen LogP contribution in [0.2, 0.25) is 0 Å². The SMILES string of the molecule is COCC(=O)N1C[C@H](/N=C/c2ccc3ccccc3c2)C(=O)N(CC(=O)N[C@H](C=O)CC(=O)O)c2ccccc21. The average molecular weight is 545 g/mol. The molecule has 2 N–H and O–H groups in total. The molecule has 1 heterocycles. The van der Waals surface area contributed by atoms with E-state index < -0.39 is 48.7 Å². The van der Waals surface area contributed by atoms with Crippen molar-refractivity contribution in [2.75, 3.05) is 36.6 Å². The summed E-state index contributed by atoms with van der Waals surface area (Å²) in [5, 5.41) is 13.4. The number of nitrogens with zero attached hydrogens (tertiary/aromatic N) is 3. The van der Waals surface area contributed by atoms with Crippen molar-refractivity contribution in [2.24, 2.45) is 4.99 Å². The number of benzene rings is 3. The molecule has 0 unspecified atom stereocenters. The number of rotatable bonds is 10. The first-order valence-electron chi connectivity index (χ1n) is 12.5. The van der Waals surface area contributed by atoms with E-state index in [1.54, 1.807) is 30.5 Å². The fourth-order valence-corrected chi connectivity index (χ4v) is 4.46. The Labute approximate surface area is 230 Å². The van der Waals surface area contributed by atoms with Gasteiger partial charge in [0.1, 0.15) is 25.5 Å². The number of aliphatic imine (C=N–C) groups is 1. The molecule has 206 valence electrons. The number of carbonyl (C=O) groups is 5. The van der Waals surface area contributed by atoms with Crippen LogP contribution in [0.25, 0.3) is 10.8 Å². The molecular weight excluding hydrogens is 516 g/mol. The van der Waals surface area contributed by atoms with Crippen molar-refractivity contribution in [3.8, 4) is 0 Å². The molecule has 0 aromatic heterocycles. The zero-order chi connectivity index (χ0) is 28.6. The highest BCUT2D eigenvalue weighted by molar-refractivity contribution is 6.10. The molecule has 11 heteroatoms. The first-order valence-corrected chi connectivity index (χ1v) is 12.5. The summed E-state index contributed by atoms with van der Waals surface area (Å²) >= 11 is 0. The van der Waals surface area contributed by atoms with Gasteiger partial charge in [-0.15, -0.1) is 0 Å². The molecule has 40 heavy (non-hydrogen) atoms. The van der Waals surface area contributed by atoms with Crippen LogP contribution in [0.1, 0.15) is 12.0 Å². The smallest absolute Gasteiger partial charge is 0.305 e. The van der Waals surface area contributed by atoms with Crippen LogP contribution in [0.5, 0.6) is 0 Å². The minimum Gasteiger partial charge on any atom is -0.481 e. The molecule has 0 spiro atoms. The molecular formula is C29H28N4O7. The number of para-hydroxylation sites is 2. The number of carboxylic acid groups (broad SMARTS) is 1. The second-order valence-electron chi connectivity index (χ2n) is 9.16. The molecule has 1 aliphatic rings. The molecule has 3 aromatic carbocycles. The Balaban J connectivity index is 1.69. The standard InChI is InChI=1S/C29H28N4O7/c1-40-18-27(36)32-15-23(30-14-19-10-11-20-6-2-3-7-21(20)12-19)29(39)33(25-9-5-4-8-24(25)32)16-26(35)31-22(17-34)13-28(37)38/h2-12,14,17,22-23H,13,15-16,18H2,1H3,(H,31,35)(H,37,38)/b30-14+/t22-,23-/m0/s1. The third kappa shape index (κ3) is 6.56. The van der Waals surface area contributed by atoms with Gasteiger partial charge >= 0.3 is 5.97 Å². The van der Waals surface area contributed by atoms with Gasteiger partial charge in [0.2, 0.25) is 5.91 Å². The lowest BCUT2D eigenvalue weighted by Gasteiger charge is -2.25. The summed E-state index contributed by atoms with van der Waals surface area (Å²) in [5.41, 5.74) is 1.41. The summed E-state index contributed by atoms with van der Waals surface area (Å²) < 4.78 is 5.05. The van der Waals surface area contributed by atoms with Crippen LogP contribution in [-0.2, 0) is 28.7 Å². The van der Waals surface area contributed by atoms with Crippen molar-refractivity contribution < 1.29 is 33.8 Å². The second kappa shape index (κ2) is 12.8. The quantitative estimate of drug-likeness (QED) is 0.292. The molecule has 0 bridgehead atoms. The number of ether oxygens (including phenoxy) is 1. The fraction of sp³-hybridized carbons (Fsp3) is 0.241. The molecule has 1 aliphatic heterocycles. The van der Waals surface area contributed by atoms with E-state index in [4.69, 9.17) is 9.84 Å². The lowest BCUT2D eigenvalue weighted by molar-refractivity contribution is -0.139. The molecule has 3 amide bonds. The van der Waals surface area contributed by atoms with E-state index in [2.05, 4.69) is 10.3 Å². The number of aliphatic carboxylic acids is 1. The van der Waals surface area contributed by atoms with Gasteiger partial charge in [-0.1, -0.05) is 48.5 Å². The summed E-state index contributed by atoms with van der Waals surface area (Å²) in [4.78, 5) is 69.2. The molecule has 3 aromatic rings. The van der Waals surface area contributed by atoms with Crippen LogP contribution in [0, 0.1) is 0 Å². The number of carbonyl (C=O) groups excluding carboxylic acids is 4. The van der Waals surface area contributed by atoms with Gasteiger partial charge in [0.25, 0.3) is 11.8 Å².